The SMILES string of the molecule is COc1cc(NC(=O)Nc2ccc(Nc3cc(N4CCCC4)cnn3)cc2)cc(OC)c1OC. The molecule has 2 aromatic carbocycles. The lowest BCUT2D eigenvalue weighted by molar-refractivity contribution is 0.262. The molecule has 1 aliphatic rings. The predicted octanol–water partition coefficient (Wildman–Crippen LogP) is 4.49. The highest BCUT2D eigenvalue weighted by Crippen LogP contribution is 2.40. The van der Waals surface area contributed by atoms with Gasteiger partial charge in [-0.05, 0) is 37.1 Å². The van der Waals surface area contributed by atoms with Crippen LogP contribution >= 0.6 is 0 Å². The highest BCUT2D eigenvalue weighted by Gasteiger charge is 2.15. The zero-order chi connectivity index (χ0) is 23.9. The molecule has 34 heavy (non-hydrogen) atoms. The minimum Gasteiger partial charge on any atom is -0.493 e. The first-order chi connectivity index (χ1) is 16.6. The van der Waals surface area contributed by atoms with Gasteiger partial charge in [-0.2, -0.15) is 5.10 Å². The molecule has 178 valence electrons. The molecule has 10 nitrogen and oxygen atoms in total. The molecule has 1 aromatic heterocycles. The number of methoxy groups -OCH3 is 3. The maximum Gasteiger partial charge on any atom is 0.323 e. The molecule has 0 atom stereocenters. The van der Waals surface area contributed by atoms with Crippen molar-refractivity contribution in [1.29, 1.82) is 0 Å². The fourth-order valence-corrected chi connectivity index (χ4v) is 3.80. The van der Waals surface area contributed by atoms with E-state index in [-0.39, 0.29) is 0 Å². The third-order valence-corrected chi connectivity index (χ3v) is 5.45. The standard InChI is InChI=1S/C24H28N6O4/c1-32-20-12-18(13-21(33-2)23(20)34-3)28-24(31)27-17-8-6-16(7-9-17)26-22-14-19(15-25-29-22)30-10-4-5-11-30/h6-9,12-15H,4-5,10-11H2,1-3H3,(H,26,29)(H2,27,28,31). The minimum atomic E-state index is -0.404. The van der Waals surface area contributed by atoms with E-state index in [2.05, 4.69) is 31.0 Å². The molecule has 10 heteroatoms. The number of ether oxygens (including phenoxy) is 3. The van der Waals surface area contributed by atoms with Crippen LogP contribution in [0.1, 0.15) is 12.8 Å². The summed E-state index contributed by atoms with van der Waals surface area (Å²) in [5.74, 6) is 2.02. The minimum absolute atomic E-state index is 0.404. The topological polar surface area (TPSA) is 110 Å². The molecule has 0 aliphatic carbocycles. The van der Waals surface area contributed by atoms with Crippen LogP contribution in [0.15, 0.2) is 48.7 Å². The van der Waals surface area contributed by atoms with Gasteiger partial charge in [0, 0.05) is 42.7 Å². The molecule has 0 radical (unpaired) electrons. The summed E-state index contributed by atoms with van der Waals surface area (Å²) in [5, 5.41) is 17.1. The molecular formula is C24H28N6O4. The average Bonchev–Trinajstić information content (AvgIpc) is 3.40. The van der Waals surface area contributed by atoms with Crippen LogP contribution in [0.4, 0.5) is 33.4 Å². The van der Waals surface area contributed by atoms with Gasteiger partial charge in [0.15, 0.2) is 17.3 Å². The maximum atomic E-state index is 12.5. The van der Waals surface area contributed by atoms with Gasteiger partial charge in [-0.1, -0.05) is 0 Å². The summed E-state index contributed by atoms with van der Waals surface area (Å²) >= 11 is 0. The van der Waals surface area contributed by atoms with Crippen LogP contribution in [0.3, 0.4) is 0 Å². The molecule has 0 saturated carbocycles. The van der Waals surface area contributed by atoms with Gasteiger partial charge in [-0.15, -0.1) is 5.10 Å². The summed E-state index contributed by atoms with van der Waals surface area (Å²) in [5.41, 5.74) is 3.04. The van der Waals surface area contributed by atoms with E-state index in [4.69, 9.17) is 14.2 Å². The number of rotatable bonds is 8. The van der Waals surface area contributed by atoms with Crippen LogP contribution in [0.25, 0.3) is 0 Å². The fourth-order valence-electron chi connectivity index (χ4n) is 3.80. The Kier molecular flexibility index (Phi) is 7.16. The first-order valence-electron chi connectivity index (χ1n) is 10.9. The van der Waals surface area contributed by atoms with Crippen LogP contribution in [0.2, 0.25) is 0 Å². The highest BCUT2D eigenvalue weighted by molar-refractivity contribution is 6.00. The Bertz CT molecular complexity index is 1110. The fraction of sp³-hybridized carbons (Fsp3) is 0.292. The lowest BCUT2D eigenvalue weighted by Gasteiger charge is -2.17. The van der Waals surface area contributed by atoms with Gasteiger partial charge >= 0.3 is 6.03 Å². The lowest BCUT2D eigenvalue weighted by Crippen LogP contribution is -2.19. The van der Waals surface area contributed by atoms with E-state index in [9.17, 15) is 4.79 Å². The number of hydrogen-bond donors (Lipinski definition) is 3. The van der Waals surface area contributed by atoms with Crippen molar-refractivity contribution >= 4 is 34.6 Å². The van der Waals surface area contributed by atoms with Crippen molar-refractivity contribution in [2.24, 2.45) is 0 Å². The Hall–Kier alpha value is -4.21. The number of aromatic nitrogens is 2. The Morgan fingerprint density at radius 3 is 2.09 bits per heavy atom. The summed E-state index contributed by atoms with van der Waals surface area (Å²) in [7, 11) is 4.56. The molecule has 0 bridgehead atoms. The van der Waals surface area contributed by atoms with Gasteiger partial charge in [0.25, 0.3) is 0 Å². The monoisotopic (exact) mass is 464 g/mol. The summed E-state index contributed by atoms with van der Waals surface area (Å²) in [4.78, 5) is 14.8. The molecule has 0 spiro atoms. The number of nitrogens with one attached hydrogen (secondary N) is 3. The van der Waals surface area contributed by atoms with E-state index >= 15 is 0 Å². The van der Waals surface area contributed by atoms with E-state index in [1.54, 1.807) is 30.5 Å². The van der Waals surface area contributed by atoms with Crippen molar-refractivity contribution in [2.75, 3.05) is 55.3 Å². The number of anilines is 5. The molecular weight excluding hydrogens is 436 g/mol. The average molecular weight is 465 g/mol. The molecule has 3 N–H and O–H groups in total. The van der Waals surface area contributed by atoms with Crippen molar-refractivity contribution < 1.29 is 19.0 Å². The van der Waals surface area contributed by atoms with E-state index < -0.39 is 6.03 Å². The Morgan fingerprint density at radius 2 is 1.47 bits per heavy atom. The molecule has 0 unspecified atom stereocenters. The van der Waals surface area contributed by atoms with Gasteiger partial charge in [-0.25, -0.2) is 4.79 Å². The van der Waals surface area contributed by atoms with E-state index in [0.29, 0.717) is 34.4 Å². The molecule has 2 amide bonds. The Morgan fingerprint density at radius 1 is 0.853 bits per heavy atom. The molecule has 1 fully saturated rings. The normalized spacial score (nSPS) is 12.7. The number of carbonyl (C=O) groups is 1. The van der Waals surface area contributed by atoms with Crippen LogP contribution in [0, 0.1) is 0 Å². The molecule has 1 saturated heterocycles. The lowest BCUT2D eigenvalue weighted by atomic mass is 10.2. The van der Waals surface area contributed by atoms with Gasteiger partial charge in [-0.3, -0.25) is 0 Å². The zero-order valence-electron chi connectivity index (χ0n) is 19.4. The first kappa shape index (κ1) is 23.0. The second kappa shape index (κ2) is 10.6. The second-order valence-electron chi connectivity index (χ2n) is 7.69. The highest BCUT2D eigenvalue weighted by atomic mass is 16.5. The third kappa shape index (κ3) is 5.40. The molecule has 2 heterocycles. The third-order valence-electron chi connectivity index (χ3n) is 5.45. The number of carbonyl (C=O) groups excluding carboxylic acids is 1. The number of hydrogen-bond acceptors (Lipinski definition) is 8. The summed E-state index contributed by atoms with van der Waals surface area (Å²) in [6.07, 6.45) is 4.19. The number of benzene rings is 2. The van der Waals surface area contributed by atoms with E-state index in [1.165, 1.54) is 34.2 Å². The molecule has 1 aliphatic heterocycles. The van der Waals surface area contributed by atoms with Gasteiger partial charge < -0.3 is 35.1 Å². The quantitative estimate of drug-likeness (QED) is 0.447. The summed E-state index contributed by atoms with van der Waals surface area (Å²) < 4.78 is 15.9. The van der Waals surface area contributed by atoms with Crippen LogP contribution in [-0.2, 0) is 0 Å². The van der Waals surface area contributed by atoms with Gasteiger partial charge in [0.05, 0.1) is 38.9 Å². The number of urea groups is 1. The van der Waals surface area contributed by atoms with Crippen LogP contribution in [-0.4, -0.2) is 50.6 Å². The number of nitrogens with zero attached hydrogens (tertiary/aromatic N) is 3. The van der Waals surface area contributed by atoms with Crippen molar-refractivity contribution in [3.63, 3.8) is 0 Å². The largest absolute Gasteiger partial charge is 0.493 e. The van der Waals surface area contributed by atoms with Gasteiger partial charge in [0.1, 0.15) is 0 Å². The Labute approximate surface area is 198 Å². The smallest absolute Gasteiger partial charge is 0.323 e. The first-order valence-corrected chi connectivity index (χ1v) is 10.9. The number of amides is 2. The summed E-state index contributed by atoms with van der Waals surface area (Å²) in [6.45, 7) is 2.09. The molecule has 4 rings (SSSR count). The van der Waals surface area contributed by atoms with Crippen molar-refractivity contribution in [1.82, 2.24) is 10.2 Å². The van der Waals surface area contributed by atoms with Crippen LogP contribution < -0.4 is 35.1 Å². The van der Waals surface area contributed by atoms with Crippen molar-refractivity contribution in [2.45, 2.75) is 12.8 Å². The van der Waals surface area contributed by atoms with E-state index in [0.717, 1.165) is 24.5 Å². The summed E-state index contributed by atoms with van der Waals surface area (Å²) in [6, 6.07) is 12.2. The van der Waals surface area contributed by atoms with Crippen molar-refractivity contribution in [3.05, 3.63) is 48.7 Å². The predicted molar refractivity (Wildman–Crippen MR) is 132 cm³/mol. The van der Waals surface area contributed by atoms with Crippen LogP contribution in [0.5, 0.6) is 17.2 Å². The second-order valence-corrected chi connectivity index (χ2v) is 7.69. The molecule has 3 aromatic rings. The van der Waals surface area contributed by atoms with E-state index in [1.807, 2.05) is 18.2 Å². The van der Waals surface area contributed by atoms with Crippen molar-refractivity contribution in [3.8, 4) is 17.2 Å². The maximum absolute atomic E-state index is 12.5. The zero-order valence-corrected chi connectivity index (χ0v) is 19.4. The Balaban J connectivity index is 1.37. The van der Waals surface area contributed by atoms with Gasteiger partial charge in [0.2, 0.25) is 5.75 Å².